The Hall–Kier alpha value is -0.170. The van der Waals surface area contributed by atoms with E-state index in [4.69, 9.17) is 15.3 Å². The van der Waals surface area contributed by atoms with Gasteiger partial charge in [-0.05, 0) is 6.42 Å². The van der Waals surface area contributed by atoms with Gasteiger partial charge in [0.25, 0.3) is 0 Å². The highest BCUT2D eigenvalue weighted by Crippen LogP contribution is 2.02. The first kappa shape index (κ1) is 15.3. The molecule has 0 bridgehead atoms. The minimum Gasteiger partial charge on any atom is -0.478 e. The standard InChI is InChI=1S/C4H10O2.C3H4O2S2/c1-2-3-4(5)6;4-2(5)1-3(6)7/h4-6H,2-3H2,1H3;1,6-7H,(H,4,5). The van der Waals surface area contributed by atoms with Crippen molar-refractivity contribution < 1.29 is 20.1 Å². The second-order valence-electron chi connectivity index (χ2n) is 2.11. The van der Waals surface area contributed by atoms with Gasteiger partial charge in [0.1, 0.15) is 0 Å². The highest BCUT2D eigenvalue weighted by Gasteiger charge is 1.89. The Labute approximate surface area is 88.1 Å². The number of carboxylic acids is 1. The molecule has 0 spiro atoms. The van der Waals surface area contributed by atoms with Gasteiger partial charge in [-0.1, -0.05) is 13.3 Å². The summed E-state index contributed by atoms with van der Waals surface area (Å²) in [6, 6.07) is 0. The van der Waals surface area contributed by atoms with Gasteiger partial charge in [0.05, 0.1) is 0 Å². The molecular weight excluding hydrogens is 212 g/mol. The van der Waals surface area contributed by atoms with Crippen LogP contribution in [0.5, 0.6) is 0 Å². The van der Waals surface area contributed by atoms with Gasteiger partial charge in [-0.15, -0.1) is 25.3 Å². The van der Waals surface area contributed by atoms with Gasteiger partial charge < -0.3 is 15.3 Å². The number of aliphatic hydroxyl groups is 2. The molecule has 3 N–H and O–H groups in total. The van der Waals surface area contributed by atoms with Crippen molar-refractivity contribution in [1.29, 1.82) is 0 Å². The maximum atomic E-state index is 9.64. The highest BCUT2D eigenvalue weighted by atomic mass is 32.2. The number of carboxylic acid groups (broad SMARTS) is 1. The highest BCUT2D eigenvalue weighted by molar-refractivity contribution is 8.05. The molecule has 0 aliphatic heterocycles. The summed E-state index contributed by atoms with van der Waals surface area (Å²) in [6.07, 6.45) is 1.11. The maximum Gasteiger partial charge on any atom is 0.329 e. The van der Waals surface area contributed by atoms with E-state index in [1.165, 1.54) is 0 Å². The van der Waals surface area contributed by atoms with Gasteiger partial charge in [0.15, 0.2) is 6.29 Å². The van der Waals surface area contributed by atoms with E-state index < -0.39 is 12.3 Å². The summed E-state index contributed by atoms with van der Waals surface area (Å²) in [7, 11) is 0. The minimum atomic E-state index is -1.10. The zero-order valence-electron chi connectivity index (χ0n) is 7.21. The largest absolute Gasteiger partial charge is 0.478 e. The van der Waals surface area contributed by atoms with E-state index in [0.29, 0.717) is 6.42 Å². The lowest BCUT2D eigenvalue weighted by Crippen LogP contribution is -2.01. The number of rotatable bonds is 3. The molecule has 0 aliphatic carbocycles. The molecule has 0 heterocycles. The number of carbonyl (C=O) groups is 1. The van der Waals surface area contributed by atoms with E-state index in [9.17, 15) is 4.79 Å². The van der Waals surface area contributed by atoms with Crippen LogP contribution < -0.4 is 0 Å². The zero-order valence-corrected chi connectivity index (χ0v) is 9.00. The van der Waals surface area contributed by atoms with Crippen LogP contribution in [0.3, 0.4) is 0 Å². The molecule has 0 fully saturated rings. The van der Waals surface area contributed by atoms with Crippen molar-refractivity contribution in [2.75, 3.05) is 0 Å². The second kappa shape index (κ2) is 9.91. The summed E-state index contributed by atoms with van der Waals surface area (Å²) in [5.74, 6) is -1.03. The monoisotopic (exact) mass is 226 g/mol. The summed E-state index contributed by atoms with van der Waals surface area (Å²) in [5.41, 5.74) is 0. The van der Waals surface area contributed by atoms with Crippen LogP contribution in [-0.2, 0) is 4.79 Å². The lowest BCUT2D eigenvalue weighted by molar-refractivity contribution is -0.131. The van der Waals surface area contributed by atoms with E-state index in [2.05, 4.69) is 25.3 Å². The summed E-state index contributed by atoms with van der Waals surface area (Å²) >= 11 is 7.16. The molecule has 0 aromatic carbocycles. The number of aliphatic carboxylic acids is 1. The maximum absolute atomic E-state index is 9.64. The Morgan fingerprint density at radius 2 is 1.92 bits per heavy atom. The Balaban J connectivity index is 0. The van der Waals surface area contributed by atoms with Crippen molar-refractivity contribution in [3.63, 3.8) is 0 Å². The normalized spacial score (nSPS) is 8.77. The van der Waals surface area contributed by atoms with Crippen LogP contribution in [-0.4, -0.2) is 27.6 Å². The molecule has 6 heteroatoms. The first-order valence-electron chi connectivity index (χ1n) is 3.58. The Bertz CT molecular complexity index is 164. The Morgan fingerprint density at radius 3 is 1.92 bits per heavy atom. The predicted molar refractivity (Wildman–Crippen MR) is 56.8 cm³/mol. The van der Waals surface area contributed by atoms with Gasteiger partial charge in [-0.25, -0.2) is 4.79 Å². The molecule has 0 rings (SSSR count). The minimum absolute atomic E-state index is 0.201. The third-order valence-electron chi connectivity index (χ3n) is 0.799. The second-order valence-corrected chi connectivity index (χ2v) is 3.43. The first-order chi connectivity index (χ1) is 5.90. The summed E-state index contributed by atoms with van der Waals surface area (Å²) < 4.78 is 0.201. The van der Waals surface area contributed by atoms with Crippen molar-refractivity contribution in [1.82, 2.24) is 0 Å². The van der Waals surface area contributed by atoms with E-state index in [-0.39, 0.29) is 4.24 Å². The summed E-state index contributed by atoms with van der Waals surface area (Å²) in [4.78, 5) is 9.64. The smallest absolute Gasteiger partial charge is 0.329 e. The fraction of sp³-hybridized carbons (Fsp3) is 0.571. The van der Waals surface area contributed by atoms with E-state index in [1.807, 2.05) is 6.92 Å². The van der Waals surface area contributed by atoms with Gasteiger partial charge in [-0.2, -0.15) is 0 Å². The van der Waals surface area contributed by atoms with Crippen molar-refractivity contribution in [3.05, 3.63) is 10.3 Å². The van der Waals surface area contributed by atoms with Crippen molar-refractivity contribution >= 4 is 31.2 Å². The Kier molecular flexibility index (Phi) is 11.7. The van der Waals surface area contributed by atoms with Gasteiger partial charge >= 0.3 is 5.97 Å². The van der Waals surface area contributed by atoms with Crippen molar-refractivity contribution in [3.8, 4) is 0 Å². The first-order valence-corrected chi connectivity index (χ1v) is 4.48. The summed E-state index contributed by atoms with van der Waals surface area (Å²) in [5, 5.41) is 24.1. The lowest BCUT2D eigenvalue weighted by atomic mass is 10.3. The topological polar surface area (TPSA) is 77.8 Å². The Morgan fingerprint density at radius 1 is 1.46 bits per heavy atom. The average Bonchev–Trinajstić information content (AvgIpc) is 1.83. The van der Waals surface area contributed by atoms with Crippen LogP contribution in [0.1, 0.15) is 19.8 Å². The quantitative estimate of drug-likeness (QED) is 0.281. The predicted octanol–water partition coefficient (Wildman–Crippen LogP) is 0.869. The van der Waals surface area contributed by atoms with Gasteiger partial charge in [0, 0.05) is 10.3 Å². The van der Waals surface area contributed by atoms with Crippen LogP contribution >= 0.6 is 25.3 Å². The van der Waals surface area contributed by atoms with Crippen LogP contribution in [0.4, 0.5) is 0 Å². The fourth-order valence-corrected chi connectivity index (χ4v) is 0.590. The molecule has 13 heavy (non-hydrogen) atoms. The molecule has 0 amide bonds. The van der Waals surface area contributed by atoms with Crippen LogP contribution in [0, 0.1) is 0 Å². The third-order valence-corrected chi connectivity index (χ3v) is 1.06. The number of hydrogen-bond acceptors (Lipinski definition) is 5. The summed E-state index contributed by atoms with van der Waals surface area (Å²) in [6.45, 7) is 1.90. The molecule has 0 saturated carbocycles. The van der Waals surface area contributed by atoms with E-state index in [1.54, 1.807) is 0 Å². The number of aliphatic hydroxyl groups excluding tert-OH is 1. The van der Waals surface area contributed by atoms with E-state index >= 15 is 0 Å². The molecule has 0 aliphatic rings. The lowest BCUT2D eigenvalue weighted by Gasteiger charge is -1.94. The number of hydrogen-bond donors (Lipinski definition) is 5. The molecule has 4 nitrogen and oxygen atoms in total. The molecule has 0 atom stereocenters. The molecule has 0 aromatic rings. The SMILES string of the molecule is CCCC(O)O.O=C(O)C=C(S)S. The molecule has 0 radical (unpaired) electrons. The molecule has 78 valence electrons. The fourth-order valence-electron chi connectivity index (χ4n) is 0.369. The van der Waals surface area contributed by atoms with E-state index in [0.717, 1.165) is 12.5 Å². The van der Waals surface area contributed by atoms with Crippen LogP contribution in [0.2, 0.25) is 0 Å². The van der Waals surface area contributed by atoms with Gasteiger partial charge in [-0.3, -0.25) is 0 Å². The molecule has 0 aromatic heterocycles. The van der Waals surface area contributed by atoms with Crippen LogP contribution in [0.15, 0.2) is 10.3 Å². The third kappa shape index (κ3) is 24.5. The number of thiol groups is 2. The average molecular weight is 226 g/mol. The molecule has 0 unspecified atom stereocenters. The van der Waals surface area contributed by atoms with Crippen LogP contribution in [0.25, 0.3) is 0 Å². The van der Waals surface area contributed by atoms with Crippen molar-refractivity contribution in [2.45, 2.75) is 26.1 Å². The van der Waals surface area contributed by atoms with Crippen molar-refractivity contribution in [2.24, 2.45) is 0 Å². The van der Waals surface area contributed by atoms with Gasteiger partial charge in [0.2, 0.25) is 0 Å². The molecule has 0 saturated heterocycles. The zero-order chi connectivity index (χ0) is 10.9. The molecular formula is C7H14O4S2.